The van der Waals surface area contributed by atoms with E-state index in [1.165, 1.54) is 0 Å². The van der Waals surface area contributed by atoms with E-state index in [2.05, 4.69) is 33.4 Å². The lowest BCUT2D eigenvalue weighted by molar-refractivity contribution is 0.0695. The Labute approximate surface area is 228 Å². The van der Waals surface area contributed by atoms with Gasteiger partial charge in [0.25, 0.3) is 0 Å². The number of aryl methyl sites for hydroxylation is 1. The summed E-state index contributed by atoms with van der Waals surface area (Å²) in [6, 6.07) is 12.9. The average Bonchev–Trinajstić information content (AvgIpc) is 3.33. The first-order valence-electron chi connectivity index (χ1n) is 11.5. The first-order valence-corrected chi connectivity index (χ1v) is 13.1. The number of methoxy groups -OCH3 is 1. The number of rotatable bonds is 6. The lowest BCUT2D eigenvalue weighted by Crippen LogP contribution is -2.31. The Bertz CT molecular complexity index is 1390. The van der Waals surface area contributed by atoms with Gasteiger partial charge in [-0.3, -0.25) is 0 Å². The van der Waals surface area contributed by atoms with E-state index in [4.69, 9.17) is 32.7 Å². The maximum atomic E-state index is 12.0. The molecule has 36 heavy (non-hydrogen) atoms. The third-order valence-electron chi connectivity index (χ3n) is 6.96. The van der Waals surface area contributed by atoms with Crippen LogP contribution in [0, 0.1) is 12.8 Å². The Morgan fingerprint density at radius 1 is 1.19 bits per heavy atom. The van der Waals surface area contributed by atoms with E-state index < -0.39 is 5.97 Å². The quantitative estimate of drug-likeness (QED) is 0.284. The van der Waals surface area contributed by atoms with Gasteiger partial charge >= 0.3 is 5.97 Å². The molecule has 3 aromatic rings. The fourth-order valence-electron chi connectivity index (χ4n) is 5.22. The molecule has 0 radical (unpaired) electrons. The summed E-state index contributed by atoms with van der Waals surface area (Å²) in [5.41, 5.74) is 4.97. The van der Waals surface area contributed by atoms with Crippen molar-refractivity contribution in [3.63, 3.8) is 0 Å². The highest BCUT2D eigenvalue weighted by atomic mass is 79.9. The largest absolute Gasteiger partial charge is 0.493 e. The van der Waals surface area contributed by atoms with Crippen molar-refractivity contribution < 1.29 is 19.4 Å². The fraction of sp³-hybridized carbons (Fsp3) is 0.250. The van der Waals surface area contributed by atoms with Crippen molar-refractivity contribution in [1.82, 2.24) is 0 Å². The van der Waals surface area contributed by atoms with Crippen LogP contribution in [0.3, 0.4) is 0 Å². The highest BCUT2D eigenvalue weighted by molar-refractivity contribution is 9.10. The predicted octanol–water partition coefficient (Wildman–Crippen LogP) is 8.18. The number of allylic oxidation sites excluding steroid dienone is 2. The molecule has 0 saturated heterocycles. The highest BCUT2D eigenvalue weighted by Gasteiger charge is 2.41. The summed E-state index contributed by atoms with van der Waals surface area (Å²) in [7, 11) is 1.61. The summed E-state index contributed by atoms with van der Waals surface area (Å²) in [6.45, 7) is 2.26. The number of carboxylic acid groups (broad SMARTS) is 1. The Morgan fingerprint density at radius 2 is 2.00 bits per heavy atom. The monoisotopic (exact) mass is 587 g/mol. The third-order valence-corrected chi connectivity index (χ3v) is 8.13. The number of nitrogens with one attached hydrogen (secondary N) is 1. The number of fused-ring (bicyclic) bond motifs is 3. The van der Waals surface area contributed by atoms with Gasteiger partial charge in [0.2, 0.25) is 0 Å². The van der Waals surface area contributed by atoms with Crippen LogP contribution >= 0.6 is 39.1 Å². The van der Waals surface area contributed by atoms with Crippen molar-refractivity contribution in [1.29, 1.82) is 0 Å². The van der Waals surface area contributed by atoms with Crippen LogP contribution in [0.15, 0.2) is 59.1 Å². The molecule has 2 aliphatic rings. The molecule has 1 aliphatic heterocycles. The van der Waals surface area contributed by atoms with Gasteiger partial charge in [-0.1, -0.05) is 47.5 Å². The van der Waals surface area contributed by atoms with Crippen LogP contribution in [0.2, 0.25) is 10.0 Å². The minimum Gasteiger partial charge on any atom is -0.493 e. The number of aromatic carboxylic acids is 1. The van der Waals surface area contributed by atoms with E-state index in [0.717, 1.165) is 38.8 Å². The Balaban J connectivity index is 1.50. The molecule has 0 spiro atoms. The first-order chi connectivity index (χ1) is 17.3. The number of hydrogen-bond donors (Lipinski definition) is 2. The molecule has 3 atom stereocenters. The molecule has 0 amide bonds. The van der Waals surface area contributed by atoms with Crippen LogP contribution in [0.5, 0.6) is 11.5 Å². The molecule has 0 fully saturated rings. The molecule has 5 rings (SSSR count). The van der Waals surface area contributed by atoms with Gasteiger partial charge in [0.1, 0.15) is 6.61 Å². The van der Waals surface area contributed by atoms with E-state index in [0.29, 0.717) is 27.1 Å². The third kappa shape index (κ3) is 4.47. The summed E-state index contributed by atoms with van der Waals surface area (Å²) in [4.78, 5) is 12.0. The maximum Gasteiger partial charge on any atom is 0.336 e. The molecule has 2 N–H and O–H groups in total. The van der Waals surface area contributed by atoms with Crippen LogP contribution in [0.4, 0.5) is 5.69 Å². The van der Waals surface area contributed by atoms with Crippen molar-refractivity contribution in [2.45, 2.75) is 31.9 Å². The van der Waals surface area contributed by atoms with Gasteiger partial charge < -0.3 is 19.9 Å². The van der Waals surface area contributed by atoms with E-state index in [-0.39, 0.29) is 24.5 Å². The summed E-state index contributed by atoms with van der Waals surface area (Å²) >= 11 is 16.0. The molecule has 3 aromatic carbocycles. The van der Waals surface area contributed by atoms with Crippen LogP contribution < -0.4 is 14.8 Å². The SMILES string of the molecule is COc1cc([C@@H]2Nc3c(C)ccc(C(=O)O)c3[C@@H]3C=CC[C@@H]32)cc(Br)c1OCc1ccc(Cl)cc1Cl. The average molecular weight is 589 g/mol. The summed E-state index contributed by atoms with van der Waals surface area (Å²) in [5.74, 6) is 0.459. The van der Waals surface area contributed by atoms with Gasteiger partial charge in [-0.05, 0) is 82.2 Å². The Morgan fingerprint density at radius 3 is 2.72 bits per heavy atom. The van der Waals surface area contributed by atoms with Crippen LogP contribution in [0.1, 0.15) is 51.0 Å². The van der Waals surface area contributed by atoms with Crippen molar-refractivity contribution in [3.8, 4) is 11.5 Å². The zero-order valence-corrected chi connectivity index (χ0v) is 22.7. The van der Waals surface area contributed by atoms with Crippen molar-refractivity contribution in [2.24, 2.45) is 5.92 Å². The maximum absolute atomic E-state index is 12.0. The Hall–Kier alpha value is -2.67. The zero-order chi connectivity index (χ0) is 25.6. The molecule has 5 nitrogen and oxygen atoms in total. The van der Waals surface area contributed by atoms with Crippen molar-refractivity contribution in [3.05, 3.63) is 97.0 Å². The highest BCUT2D eigenvalue weighted by Crippen LogP contribution is 2.53. The van der Waals surface area contributed by atoms with Crippen molar-refractivity contribution >= 4 is 50.8 Å². The van der Waals surface area contributed by atoms with Crippen molar-refractivity contribution in [2.75, 3.05) is 12.4 Å². The van der Waals surface area contributed by atoms with E-state index in [9.17, 15) is 9.90 Å². The number of ether oxygens (including phenoxy) is 2. The van der Waals surface area contributed by atoms with Gasteiger partial charge in [0.05, 0.1) is 23.2 Å². The number of hydrogen-bond acceptors (Lipinski definition) is 4. The minimum atomic E-state index is -0.905. The molecule has 186 valence electrons. The normalized spacial score (nSPS) is 19.9. The second-order valence-electron chi connectivity index (χ2n) is 9.06. The van der Waals surface area contributed by atoms with Crippen LogP contribution in [0.25, 0.3) is 0 Å². The van der Waals surface area contributed by atoms with Gasteiger partial charge in [-0.15, -0.1) is 0 Å². The second-order valence-corrected chi connectivity index (χ2v) is 10.8. The molecule has 1 heterocycles. The minimum absolute atomic E-state index is 0.0185. The number of carboxylic acids is 1. The topological polar surface area (TPSA) is 67.8 Å². The summed E-state index contributed by atoms with van der Waals surface area (Å²) < 4.78 is 12.6. The molecule has 0 aromatic heterocycles. The Kier molecular flexibility index (Phi) is 6.95. The molecule has 1 aliphatic carbocycles. The number of halogens is 3. The number of anilines is 1. The van der Waals surface area contributed by atoms with Gasteiger partial charge in [0, 0.05) is 27.2 Å². The summed E-state index contributed by atoms with van der Waals surface area (Å²) in [5, 5.41) is 14.6. The molecule has 0 saturated carbocycles. The molecule has 8 heteroatoms. The van der Waals surface area contributed by atoms with E-state index >= 15 is 0 Å². The standard InChI is InChI=1S/C28H24BrCl2NO4/c1-14-6-9-20(28(33)34)24-18-4-3-5-19(18)26(32-25(14)24)16-10-21(29)27(23(11-16)35-2)36-13-15-7-8-17(30)12-22(15)31/h3-4,6-12,18-19,26,32H,5,13H2,1-2H3,(H,33,34)/t18-,19+,26+/m1/s1. The molecule has 0 bridgehead atoms. The second kappa shape index (κ2) is 10.0. The van der Waals surface area contributed by atoms with E-state index in [1.807, 2.05) is 31.2 Å². The smallest absolute Gasteiger partial charge is 0.336 e. The van der Waals surface area contributed by atoms with Gasteiger partial charge in [-0.25, -0.2) is 4.79 Å². The number of benzene rings is 3. The first kappa shape index (κ1) is 25.0. The molecule has 0 unspecified atom stereocenters. The van der Waals surface area contributed by atoms with E-state index in [1.54, 1.807) is 25.3 Å². The van der Waals surface area contributed by atoms with Crippen LogP contribution in [-0.2, 0) is 6.61 Å². The number of carbonyl (C=O) groups is 1. The molecular weight excluding hydrogens is 565 g/mol. The summed E-state index contributed by atoms with van der Waals surface area (Å²) in [6.07, 6.45) is 5.14. The fourth-order valence-corrected chi connectivity index (χ4v) is 6.26. The molecular formula is C28H24BrCl2NO4. The predicted molar refractivity (Wildman–Crippen MR) is 146 cm³/mol. The lowest BCUT2D eigenvalue weighted by Gasteiger charge is -2.39. The zero-order valence-electron chi connectivity index (χ0n) is 19.6. The van der Waals surface area contributed by atoms with Gasteiger partial charge in [-0.2, -0.15) is 0 Å². The lowest BCUT2D eigenvalue weighted by atomic mass is 9.74. The van der Waals surface area contributed by atoms with Gasteiger partial charge in [0.15, 0.2) is 11.5 Å². The van der Waals surface area contributed by atoms with Crippen LogP contribution in [-0.4, -0.2) is 18.2 Å².